The van der Waals surface area contributed by atoms with Gasteiger partial charge in [0.25, 0.3) is 5.91 Å². The third-order valence-corrected chi connectivity index (χ3v) is 6.68. The topological polar surface area (TPSA) is 38.3 Å². The van der Waals surface area contributed by atoms with Crippen molar-refractivity contribution in [1.82, 2.24) is 5.32 Å². The van der Waals surface area contributed by atoms with E-state index in [1.807, 2.05) is 11.4 Å². The van der Waals surface area contributed by atoms with Gasteiger partial charge in [0, 0.05) is 34.1 Å². The number of hydrogen-bond donors (Lipinski definition) is 1. The highest BCUT2D eigenvalue weighted by Crippen LogP contribution is 2.35. The van der Waals surface area contributed by atoms with Gasteiger partial charge in [-0.15, -0.1) is 11.3 Å². The van der Waals surface area contributed by atoms with Crippen molar-refractivity contribution < 1.29 is 9.53 Å². The zero-order valence-corrected chi connectivity index (χ0v) is 16.5. The first-order valence-corrected chi connectivity index (χ1v) is 9.92. The second kappa shape index (κ2) is 7.47. The van der Waals surface area contributed by atoms with Gasteiger partial charge in [0.2, 0.25) is 0 Å². The second-order valence-corrected chi connectivity index (χ2v) is 8.37. The van der Waals surface area contributed by atoms with E-state index >= 15 is 0 Å². The third-order valence-electron chi connectivity index (χ3n) is 4.32. The van der Waals surface area contributed by atoms with Crippen molar-refractivity contribution in [2.45, 2.75) is 18.3 Å². The molecule has 3 nitrogen and oxygen atoms in total. The second-order valence-electron chi connectivity index (χ2n) is 5.68. The molecule has 0 atom stereocenters. The highest BCUT2D eigenvalue weighted by molar-refractivity contribution is 9.10. The Morgan fingerprint density at radius 1 is 1.17 bits per heavy atom. The standard InChI is InChI=1S/C17H17Br2NO2S/c18-13-3-1-12(2-4-13)17(6-8-22-9-7-17)11-20-16(21)15-14(19)5-10-23-15/h1-5,10H,6-9,11H2,(H,20,21). The Morgan fingerprint density at radius 3 is 2.48 bits per heavy atom. The maximum Gasteiger partial charge on any atom is 0.262 e. The van der Waals surface area contributed by atoms with Crippen molar-refractivity contribution in [3.05, 3.63) is 55.1 Å². The molecule has 1 saturated heterocycles. The zero-order valence-electron chi connectivity index (χ0n) is 12.5. The molecular weight excluding hydrogens is 442 g/mol. The van der Waals surface area contributed by atoms with Crippen molar-refractivity contribution >= 4 is 49.1 Å². The average molecular weight is 459 g/mol. The zero-order chi connectivity index (χ0) is 16.3. The van der Waals surface area contributed by atoms with Gasteiger partial charge in [0.05, 0.1) is 0 Å². The van der Waals surface area contributed by atoms with Crippen molar-refractivity contribution in [3.63, 3.8) is 0 Å². The Bertz CT molecular complexity index is 678. The highest BCUT2D eigenvalue weighted by Gasteiger charge is 2.35. The molecular formula is C17H17Br2NO2S. The average Bonchev–Trinajstić information content (AvgIpc) is 3.00. The number of benzene rings is 1. The van der Waals surface area contributed by atoms with Crippen LogP contribution >= 0.6 is 43.2 Å². The van der Waals surface area contributed by atoms with Gasteiger partial charge < -0.3 is 10.1 Å². The SMILES string of the molecule is O=C(NCC1(c2ccc(Br)cc2)CCOCC1)c1sccc1Br. The first kappa shape index (κ1) is 17.1. The Morgan fingerprint density at radius 2 is 1.87 bits per heavy atom. The monoisotopic (exact) mass is 457 g/mol. The summed E-state index contributed by atoms with van der Waals surface area (Å²) >= 11 is 8.36. The third kappa shape index (κ3) is 3.87. The van der Waals surface area contributed by atoms with Gasteiger partial charge in [-0.05, 0) is 57.9 Å². The number of ether oxygens (including phenoxy) is 1. The van der Waals surface area contributed by atoms with Crippen LogP contribution in [0.3, 0.4) is 0 Å². The molecule has 6 heteroatoms. The lowest BCUT2D eigenvalue weighted by atomic mass is 9.74. The number of amides is 1. The molecule has 23 heavy (non-hydrogen) atoms. The molecule has 0 unspecified atom stereocenters. The predicted octanol–water partition coefficient (Wildman–Crippen LogP) is 4.75. The largest absolute Gasteiger partial charge is 0.381 e. The van der Waals surface area contributed by atoms with Crippen LogP contribution in [0.1, 0.15) is 28.1 Å². The molecule has 2 aromatic rings. The summed E-state index contributed by atoms with van der Waals surface area (Å²) in [4.78, 5) is 13.2. The minimum absolute atomic E-state index is 0.0187. The first-order chi connectivity index (χ1) is 11.1. The Kier molecular flexibility index (Phi) is 5.57. The summed E-state index contributed by atoms with van der Waals surface area (Å²) in [6.07, 6.45) is 1.83. The van der Waals surface area contributed by atoms with Crippen LogP contribution in [0, 0.1) is 0 Å². The van der Waals surface area contributed by atoms with E-state index in [1.54, 1.807) is 0 Å². The van der Waals surface area contributed by atoms with Crippen molar-refractivity contribution in [1.29, 1.82) is 0 Å². The van der Waals surface area contributed by atoms with E-state index in [9.17, 15) is 4.79 Å². The van der Waals surface area contributed by atoms with E-state index in [4.69, 9.17) is 4.74 Å². The van der Waals surface area contributed by atoms with Crippen LogP contribution in [0.2, 0.25) is 0 Å². The maximum atomic E-state index is 12.4. The van der Waals surface area contributed by atoms with Gasteiger partial charge in [0.15, 0.2) is 0 Å². The Hall–Kier alpha value is -0.690. The number of halogens is 2. The summed E-state index contributed by atoms with van der Waals surface area (Å²) in [7, 11) is 0. The molecule has 1 fully saturated rings. The molecule has 1 N–H and O–H groups in total. The molecule has 0 aliphatic carbocycles. The molecule has 2 heterocycles. The maximum absolute atomic E-state index is 12.4. The number of carbonyl (C=O) groups excluding carboxylic acids is 1. The fraction of sp³-hybridized carbons (Fsp3) is 0.353. The summed E-state index contributed by atoms with van der Waals surface area (Å²) in [5.74, 6) is -0.0187. The number of rotatable bonds is 4. The molecule has 0 radical (unpaired) electrons. The van der Waals surface area contributed by atoms with Crippen molar-refractivity contribution in [2.24, 2.45) is 0 Å². The van der Waals surface area contributed by atoms with Gasteiger partial charge in [-0.1, -0.05) is 28.1 Å². The van der Waals surface area contributed by atoms with Gasteiger partial charge in [-0.3, -0.25) is 4.79 Å². The van der Waals surface area contributed by atoms with Crippen LogP contribution < -0.4 is 5.32 Å². The molecule has 1 aliphatic heterocycles. The molecule has 0 saturated carbocycles. The lowest BCUT2D eigenvalue weighted by Gasteiger charge is -2.38. The lowest BCUT2D eigenvalue weighted by Crippen LogP contribution is -2.44. The van der Waals surface area contributed by atoms with Crippen LogP contribution in [-0.4, -0.2) is 25.7 Å². The summed E-state index contributed by atoms with van der Waals surface area (Å²) in [5.41, 5.74) is 1.20. The quantitative estimate of drug-likeness (QED) is 0.717. The Balaban J connectivity index is 1.78. The molecule has 122 valence electrons. The highest BCUT2D eigenvalue weighted by atomic mass is 79.9. The van der Waals surface area contributed by atoms with Crippen LogP contribution in [0.15, 0.2) is 44.7 Å². The van der Waals surface area contributed by atoms with E-state index in [-0.39, 0.29) is 11.3 Å². The van der Waals surface area contributed by atoms with Crippen molar-refractivity contribution in [3.8, 4) is 0 Å². The number of carbonyl (C=O) groups is 1. The van der Waals surface area contributed by atoms with Crippen LogP contribution in [-0.2, 0) is 10.2 Å². The van der Waals surface area contributed by atoms with Crippen molar-refractivity contribution in [2.75, 3.05) is 19.8 Å². The number of thiophene rings is 1. The molecule has 1 aromatic carbocycles. The van der Waals surface area contributed by atoms with E-state index in [1.165, 1.54) is 16.9 Å². The molecule has 3 rings (SSSR count). The van der Waals surface area contributed by atoms with E-state index < -0.39 is 0 Å². The molecule has 0 spiro atoms. The normalized spacial score (nSPS) is 17.0. The van der Waals surface area contributed by atoms with Crippen LogP contribution in [0.5, 0.6) is 0 Å². The fourth-order valence-corrected chi connectivity index (χ4v) is 4.65. The summed E-state index contributed by atoms with van der Waals surface area (Å²) in [5, 5.41) is 5.04. The molecule has 1 aromatic heterocycles. The minimum Gasteiger partial charge on any atom is -0.381 e. The minimum atomic E-state index is -0.0572. The smallest absolute Gasteiger partial charge is 0.262 e. The van der Waals surface area contributed by atoms with Gasteiger partial charge >= 0.3 is 0 Å². The summed E-state index contributed by atoms with van der Waals surface area (Å²) in [6, 6.07) is 10.3. The number of nitrogens with one attached hydrogen (secondary N) is 1. The van der Waals surface area contributed by atoms with Crippen LogP contribution in [0.25, 0.3) is 0 Å². The van der Waals surface area contributed by atoms with E-state index in [2.05, 4.69) is 61.4 Å². The van der Waals surface area contributed by atoms with Crippen LogP contribution in [0.4, 0.5) is 0 Å². The molecule has 1 amide bonds. The summed E-state index contributed by atoms with van der Waals surface area (Å²) in [6.45, 7) is 2.09. The van der Waals surface area contributed by atoms with Gasteiger partial charge in [-0.25, -0.2) is 0 Å². The first-order valence-electron chi connectivity index (χ1n) is 7.46. The fourth-order valence-electron chi connectivity index (χ4n) is 2.92. The molecule has 1 aliphatic rings. The number of hydrogen-bond acceptors (Lipinski definition) is 3. The van der Waals surface area contributed by atoms with Gasteiger partial charge in [0.1, 0.15) is 4.88 Å². The predicted molar refractivity (Wildman–Crippen MR) is 100 cm³/mol. The van der Waals surface area contributed by atoms with E-state index in [0.29, 0.717) is 6.54 Å². The van der Waals surface area contributed by atoms with Gasteiger partial charge in [-0.2, -0.15) is 0 Å². The Labute approximate surface area is 156 Å². The van der Waals surface area contributed by atoms with E-state index in [0.717, 1.165) is 39.9 Å². The molecule has 0 bridgehead atoms. The lowest BCUT2D eigenvalue weighted by molar-refractivity contribution is 0.0487. The summed E-state index contributed by atoms with van der Waals surface area (Å²) < 4.78 is 7.46.